The SMILES string of the molecule is COc1ccc(CCN2C(=O)C(c3ccccc3OC)=C(N(C)CCO)C2=O)cc1OC. The van der Waals surface area contributed by atoms with Gasteiger partial charge in [0.05, 0.1) is 33.5 Å². The van der Waals surface area contributed by atoms with E-state index in [2.05, 4.69) is 0 Å². The first-order valence-electron chi connectivity index (χ1n) is 10.2. The van der Waals surface area contributed by atoms with Gasteiger partial charge in [0, 0.05) is 25.7 Å². The molecule has 0 unspecified atom stereocenters. The zero-order valence-corrected chi connectivity index (χ0v) is 18.8. The van der Waals surface area contributed by atoms with Gasteiger partial charge in [-0.3, -0.25) is 14.5 Å². The molecule has 0 saturated heterocycles. The van der Waals surface area contributed by atoms with Crippen molar-refractivity contribution in [3.8, 4) is 17.2 Å². The lowest BCUT2D eigenvalue weighted by atomic mass is 10.0. The summed E-state index contributed by atoms with van der Waals surface area (Å²) in [5.74, 6) is 0.908. The Hall–Kier alpha value is -3.52. The minimum atomic E-state index is -0.396. The number of para-hydroxylation sites is 1. The number of aliphatic hydroxyl groups excluding tert-OH is 1. The number of hydrogen-bond acceptors (Lipinski definition) is 7. The Labute approximate surface area is 187 Å². The standard InChI is InChI=1S/C24H28N2O6/c1-25(13-14-27)22-21(17-7-5-6-8-18(17)30-2)23(28)26(24(22)29)12-11-16-9-10-19(31-3)20(15-16)32-4/h5-10,15,27H,11-14H2,1-4H3. The molecule has 2 aromatic carbocycles. The molecule has 1 N–H and O–H groups in total. The Morgan fingerprint density at radius 2 is 1.59 bits per heavy atom. The summed E-state index contributed by atoms with van der Waals surface area (Å²) in [7, 11) is 6.33. The third kappa shape index (κ3) is 4.40. The molecule has 0 fully saturated rings. The number of rotatable bonds is 10. The van der Waals surface area contributed by atoms with E-state index in [1.165, 1.54) is 12.0 Å². The number of ether oxygens (including phenoxy) is 3. The molecule has 0 saturated carbocycles. The number of nitrogens with zero attached hydrogens (tertiary/aromatic N) is 2. The first kappa shape index (κ1) is 23.1. The minimum absolute atomic E-state index is 0.147. The molecule has 3 rings (SSSR count). The lowest BCUT2D eigenvalue weighted by Crippen LogP contribution is -2.36. The second kappa shape index (κ2) is 10.2. The van der Waals surface area contributed by atoms with Crippen molar-refractivity contribution >= 4 is 17.4 Å². The molecule has 0 spiro atoms. The summed E-state index contributed by atoms with van der Waals surface area (Å²) >= 11 is 0. The first-order chi connectivity index (χ1) is 15.5. The first-order valence-corrected chi connectivity index (χ1v) is 10.2. The van der Waals surface area contributed by atoms with Gasteiger partial charge < -0.3 is 24.2 Å². The molecule has 2 aromatic rings. The van der Waals surface area contributed by atoms with Crippen LogP contribution in [0.2, 0.25) is 0 Å². The van der Waals surface area contributed by atoms with Gasteiger partial charge in [0.2, 0.25) is 0 Å². The summed E-state index contributed by atoms with van der Waals surface area (Å²) in [6.07, 6.45) is 0.452. The van der Waals surface area contributed by atoms with Crippen LogP contribution in [0.15, 0.2) is 48.2 Å². The van der Waals surface area contributed by atoms with Gasteiger partial charge in [-0.2, -0.15) is 0 Å². The van der Waals surface area contributed by atoms with Gasteiger partial charge in [-0.15, -0.1) is 0 Å². The van der Waals surface area contributed by atoms with Crippen molar-refractivity contribution in [3.05, 3.63) is 59.3 Å². The normalized spacial score (nSPS) is 13.6. The van der Waals surface area contributed by atoms with Crippen LogP contribution >= 0.6 is 0 Å². The molecule has 8 heteroatoms. The predicted molar refractivity (Wildman–Crippen MR) is 120 cm³/mol. The van der Waals surface area contributed by atoms with Crippen LogP contribution < -0.4 is 14.2 Å². The Bertz CT molecular complexity index is 1030. The molecule has 0 bridgehead atoms. The maximum atomic E-state index is 13.4. The highest BCUT2D eigenvalue weighted by Gasteiger charge is 2.41. The second-order valence-corrected chi connectivity index (χ2v) is 7.27. The third-order valence-corrected chi connectivity index (χ3v) is 5.41. The molecular formula is C24H28N2O6. The monoisotopic (exact) mass is 440 g/mol. The number of benzene rings is 2. The van der Waals surface area contributed by atoms with Crippen molar-refractivity contribution in [2.45, 2.75) is 6.42 Å². The van der Waals surface area contributed by atoms with Crippen LogP contribution in [0.25, 0.3) is 5.57 Å². The van der Waals surface area contributed by atoms with Crippen molar-refractivity contribution in [1.29, 1.82) is 0 Å². The highest BCUT2D eigenvalue weighted by atomic mass is 16.5. The van der Waals surface area contributed by atoms with E-state index in [1.807, 2.05) is 12.1 Å². The zero-order chi connectivity index (χ0) is 23.3. The molecule has 0 aromatic heterocycles. The number of carbonyl (C=O) groups excluding carboxylic acids is 2. The smallest absolute Gasteiger partial charge is 0.277 e. The average molecular weight is 440 g/mol. The highest BCUT2D eigenvalue weighted by Crippen LogP contribution is 2.36. The molecule has 0 aliphatic carbocycles. The van der Waals surface area contributed by atoms with E-state index in [0.717, 1.165) is 5.56 Å². The maximum Gasteiger partial charge on any atom is 0.277 e. The van der Waals surface area contributed by atoms with Gasteiger partial charge in [0.15, 0.2) is 11.5 Å². The number of amides is 2. The number of methoxy groups -OCH3 is 3. The van der Waals surface area contributed by atoms with Crippen LogP contribution in [0, 0.1) is 0 Å². The predicted octanol–water partition coefficient (Wildman–Crippen LogP) is 1.96. The van der Waals surface area contributed by atoms with Crippen LogP contribution in [-0.4, -0.2) is 74.8 Å². The van der Waals surface area contributed by atoms with E-state index in [4.69, 9.17) is 14.2 Å². The van der Waals surface area contributed by atoms with E-state index in [-0.39, 0.29) is 36.9 Å². The Morgan fingerprint density at radius 3 is 2.25 bits per heavy atom. The molecule has 0 radical (unpaired) electrons. The van der Waals surface area contributed by atoms with Gasteiger partial charge in [0.25, 0.3) is 11.8 Å². The van der Waals surface area contributed by atoms with Crippen molar-refractivity contribution in [2.75, 3.05) is 48.1 Å². The summed E-state index contributed by atoms with van der Waals surface area (Å²) in [6, 6.07) is 12.6. The lowest BCUT2D eigenvalue weighted by molar-refractivity contribution is -0.137. The number of imide groups is 1. The van der Waals surface area contributed by atoms with Gasteiger partial charge in [-0.1, -0.05) is 24.3 Å². The molecule has 8 nitrogen and oxygen atoms in total. The fraction of sp³-hybridized carbons (Fsp3) is 0.333. The fourth-order valence-electron chi connectivity index (χ4n) is 3.75. The van der Waals surface area contributed by atoms with Crippen LogP contribution in [0.3, 0.4) is 0 Å². The van der Waals surface area contributed by atoms with Gasteiger partial charge in [-0.05, 0) is 30.2 Å². The second-order valence-electron chi connectivity index (χ2n) is 7.27. The van der Waals surface area contributed by atoms with Crippen LogP contribution in [-0.2, 0) is 16.0 Å². The molecule has 32 heavy (non-hydrogen) atoms. The zero-order valence-electron chi connectivity index (χ0n) is 18.8. The summed E-state index contributed by atoms with van der Waals surface area (Å²) in [5.41, 5.74) is 1.97. The largest absolute Gasteiger partial charge is 0.496 e. The Balaban J connectivity index is 1.92. The molecule has 1 heterocycles. The molecule has 170 valence electrons. The number of carbonyl (C=O) groups is 2. The quantitative estimate of drug-likeness (QED) is 0.565. The van der Waals surface area contributed by atoms with Crippen molar-refractivity contribution in [1.82, 2.24) is 9.80 Å². The maximum absolute atomic E-state index is 13.4. The van der Waals surface area contributed by atoms with Crippen molar-refractivity contribution in [3.63, 3.8) is 0 Å². The van der Waals surface area contributed by atoms with Crippen LogP contribution in [0.4, 0.5) is 0 Å². The summed E-state index contributed by atoms with van der Waals surface area (Å²) in [4.78, 5) is 29.6. The van der Waals surface area contributed by atoms with Gasteiger partial charge in [-0.25, -0.2) is 0 Å². The number of likely N-dealkylation sites (N-methyl/N-ethyl adjacent to an activating group) is 1. The van der Waals surface area contributed by atoms with E-state index >= 15 is 0 Å². The number of aliphatic hydroxyl groups is 1. The third-order valence-electron chi connectivity index (χ3n) is 5.41. The Kier molecular flexibility index (Phi) is 7.37. The van der Waals surface area contributed by atoms with Gasteiger partial charge in [0.1, 0.15) is 11.4 Å². The molecule has 0 atom stereocenters. The van der Waals surface area contributed by atoms with Crippen molar-refractivity contribution in [2.24, 2.45) is 0 Å². The van der Waals surface area contributed by atoms with Gasteiger partial charge >= 0.3 is 0 Å². The topological polar surface area (TPSA) is 88.5 Å². The van der Waals surface area contributed by atoms with Crippen molar-refractivity contribution < 1.29 is 28.9 Å². The molecular weight excluding hydrogens is 412 g/mol. The molecule has 1 aliphatic rings. The molecule has 2 amide bonds. The summed E-state index contributed by atoms with van der Waals surface area (Å²) < 4.78 is 16.0. The summed E-state index contributed by atoms with van der Waals surface area (Å²) in [5, 5.41) is 9.40. The minimum Gasteiger partial charge on any atom is -0.496 e. The van der Waals surface area contributed by atoms with E-state index in [9.17, 15) is 14.7 Å². The van der Waals surface area contributed by atoms with E-state index in [0.29, 0.717) is 29.2 Å². The van der Waals surface area contributed by atoms with E-state index in [1.54, 1.807) is 56.5 Å². The van der Waals surface area contributed by atoms with Crippen LogP contribution in [0.5, 0.6) is 17.2 Å². The Morgan fingerprint density at radius 1 is 0.906 bits per heavy atom. The highest BCUT2D eigenvalue weighted by molar-refractivity contribution is 6.36. The summed E-state index contributed by atoms with van der Waals surface area (Å²) in [6.45, 7) is 0.269. The molecule has 1 aliphatic heterocycles. The average Bonchev–Trinajstić information content (AvgIpc) is 3.06. The van der Waals surface area contributed by atoms with E-state index < -0.39 is 5.91 Å². The van der Waals surface area contributed by atoms with Crippen LogP contribution in [0.1, 0.15) is 11.1 Å². The lowest BCUT2D eigenvalue weighted by Gasteiger charge is -2.20. The fourth-order valence-corrected chi connectivity index (χ4v) is 3.75. The number of hydrogen-bond donors (Lipinski definition) is 1.